The molecule has 144 valence electrons. The molecule has 0 atom stereocenters. The van der Waals surface area contributed by atoms with E-state index in [2.05, 4.69) is 0 Å². The van der Waals surface area contributed by atoms with E-state index in [9.17, 15) is 0 Å². The van der Waals surface area contributed by atoms with Gasteiger partial charge in [-0.1, -0.05) is 36.4 Å². The molecule has 29 heavy (non-hydrogen) atoms. The molecule has 0 aliphatic carbocycles. The molecule has 0 aromatic heterocycles. The Hall–Kier alpha value is -4.12. The van der Waals surface area contributed by atoms with Crippen LogP contribution in [0.25, 0.3) is 0 Å². The summed E-state index contributed by atoms with van der Waals surface area (Å²) in [4.78, 5) is 0. The van der Waals surface area contributed by atoms with Crippen LogP contribution in [0.3, 0.4) is 0 Å². The lowest BCUT2D eigenvalue weighted by atomic mass is 10.2. The second-order valence-electron chi connectivity index (χ2n) is 6.33. The van der Waals surface area contributed by atoms with Gasteiger partial charge in [0.15, 0.2) is 11.5 Å². The van der Waals surface area contributed by atoms with Crippen molar-refractivity contribution in [1.29, 1.82) is 0 Å². The van der Waals surface area contributed by atoms with Crippen LogP contribution in [-0.2, 0) is 0 Å². The third kappa shape index (κ3) is 4.59. The summed E-state index contributed by atoms with van der Waals surface area (Å²) in [5.74, 6) is 3.60. The first kappa shape index (κ1) is 18.3. The molecule has 0 bridgehead atoms. The molecule has 0 fully saturated rings. The number of benzene rings is 4. The fourth-order valence-electron chi connectivity index (χ4n) is 2.70. The molecule has 0 aliphatic heterocycles. The largest absolute Gasteiger partial charge is 0.457 e. The van der Waals surface area contributed by atoms with E-state index in [1.807, 2.05) is 60.7 Å². The highest BCUT2D eigenvalue weighted by atomic mass is 16.5. The minimum atomic E-state index is 0.518. The Morgan fingerprint density at radius 3 is 1.24 bits per heavy atom. The normalized spacial score (nSPS) is 10.3. The molecule has 0 heterocycles. The third-order valence-corrected chi connectivity index (χ3v) is 4.15. The standard InChI is InChI=1S/C24H20N2O3/c25-21-13-11-19(15-23(21)28-17-7-3-1-4-8-17)27-20-12-14-22(26)24(16-20)29-18-9-5-2-6-10-18/h1-16H,25-26H2. The monoisotopic (exact) mass is 384 g/mol. The number of ether oxygens (including phenoxy) is 3. The number of rotatable bonds is 6. The molecule has 5 heteroatoms. The number of hydrogen-bond donors (Lipinski definition) is 2. The van der Waals surface area contributed by atoms with Crippen molar-refractivity contribution >= 4 is 11.4 Å². The van der Waals surface area contributed by atoms with Gasteiger partial charge in [-0.15, -0.1) is 0 Å². The Labute approximate surface area is 169 Å². The highest BCUT2D eigenvalue weighted by Crippen LogP contribution is 2.36. The van der Waals surface area contributed by atoms with E-state index in [0.29, 0.717) is 45.9 Å². The predicted octanol–water partition coefficient (Wildman–Crippen LogP) is 6.23. The van der Waals surface area contributed by atoms with E-state index < -0.39 is 0 Å². The Morgan fingerprint density at radius 2 is 0.828 bits per heavy atom. The van der Waals surface area contributed by atoms with Gasteiger partial charge in [-0.05, 0) is 48.5 Å². The van der Waals surface area contributed by atoms with Crippen LogP contribution in [0.1, 0.15) is 0 Å². The van der Waals surface area contributed by atoms with Crippen molar-refractivity contribution in [2.45, 2.75) is 0 Å². The van der Waals surface area contributed by atoms with E-state index in [1.165, 1.54) is 0 Å². The van der Waals surface area contributed by atoms with Gasteiger partial charge in [0.05, 0.1) is 11.4 Å². The Balaban J connectivity index is 1.54. The van der Waals surface area contributed by atoms with Crippen molar-refractivity contribution in [2.24, 2.45) is 0 Å². The molecule has 4 N–H and O–H groups in total. The maximum absolute atomic E-state index is 6.04. The summed E-state index contributed by atoms with van der Waals surface area (Å²) >= 11 is 0. The molecule has 0 spiro atoms. The topological polar surface area (TPSA) is 79.7 Å². The highest BCUT2D eigenvalue weighted by molar-refractivity contribution is 5.59. The zero-order valence-electron chi connectivity index (χ0n) is 15.6. The lowest BCUT2D eigenvalue weighted by Gasteiger charge is -2.13. The summed E-state index contributed by atoms with van der Waals surface area (Å²) < 4.78 is 17.7. The van der Waals surface area contributed by atoms with Gasteiger partial charge < -0.3 is 25.7 Å². The van der Waals surface area contributed by atoms with E-state index in [0.717, 1.165) is 0 Å². The molecule has 5 nitrogen and oxygen atoms in total. The van der Waals surface area contributed by atoms with Crippen molar-refractivity contribution < 1.29 is 14.2 Å². The fourth-order valence-corrected chi connectivity index (χ4v) is 2.70. The first-order valence-electron chi connectivity index (χ1n) is 9.10. The lowest BCUT2D eigenvalue weighted by molar-refractivity contribution is 0.453. The number of nitrogens with two attached hydrogens (primary N) is 2. The number of para-hydroxylation sites is 2. The number of hydrogen-bond acceptors (Lipinski definition) is 5. The summed E-state index contributed by atoms with van der Waals surface area (Å²) in [5, 5.41) is 0. The molecule has 4 aromatic carbocycles. The average Bonchev–Trinajstić information content (AvgIpc) is 2.74. The van der Waals surface area contributed by atoms with Crippen LogP contribution >= 0.6 is 0 Å². The van der Waals surface area contributed by atoms with Crippen LogP contribution in [0.5, 0.6) is 34.5 Å². The van der Waals surface area contributed by atoms with Crippen molar-refractivity contribution in [3.05, 3.63) is 97.1 Å². The minimum absolute atomic E-state index is 0.518. The molecule has 4 rings (SSSR count). The second-order valence-corrected chi connectivity index (χ2v) is 6.33. The summed E-state index contributed by atoms with van der Waals surface area (Å²) in [6.07, 6.45) is 0. The van der Waals surface area contributed by atoms with Gasteiger partial charge in [-0.25, -0.2) is 0 Å². The van der Waals surface area contributed by atoms with Crippen LogP contribution in [0.4, 0.5) is 11.4 Å². The molecule has 0 unspecified atom stereocenters. The van der Waals surface area contributed by atoms with Gasteiger partial charge >= 0.3 is 0 Å². The molecule has 0 aliphatic rings. The van der Waals surface area contributed by atoms with Crippen molar-refractivity contribution in [3.63, 3.8) is 0 Å². The SMILES string of the molecule is Nc1ccc(Oc2ccc(N)c(Oc3ccccc3)c2)cc1Oc1ccccc1. The highest BCUT2D eigenvalue weighted by Gasteiger charge is 2.09. The average molecular weight is 384 g/mol. The number of nitrogen functional groups attached to an aromatic ring is 2. The summed E-state index contributed by atoms with van der Waals surface area (Å²) in [5.41, 5.74) is 13.1. The zero-order valence-corrected chi connectivity index (χ0v) is 15.6. The van der Waals surface area contributed by atoms with Crippen LogP contribution < -0.4 is 25.7 Å². The van der Waals surface area contributed by atoms with Gasteiger partial charge in [0, 0.05) is 12.1 Å². The zero-order chi connectivity index (χ0) is 20.1. The maximum Gasteiger partial charge on any atom is 0.154 e. The summed E-state index contributed by atoms with van der Waals surface area (Å²) in [6.45, 7) is 0. The van der Waals surface area contributed by atoms with E-state index in [-0.39, 0.29) is 0 Å². The van der Waals surface area contributed by atoms with Crippen molar-refractivity contribution in [1.82, 2.24) is 0 Å². The summed E-state index contributed by atoms with van der Waals surface area (Å²) in [6, 6.07) is 29.4. The molecule has 4 aromatic rings. The summed E-state index contributed by atoms with van der Waals surface area (Å²) in [7, 11) is 0. The Kier molecular flexibility index (Phi) is 5.21. The van der Waals surface area contributed by atoms with Crippen molar-refractivity contribution in [2.75, 3.05) is 11.5 Å². The fraction of sp³-hybridized carbons (Fsp3) is 0. The Morgan fingerprint density at radius 1 is 0.414 bits per heavy atom. The first-order chi connectivity index (χ1) is 14.2. The van der Waals surface area contributed by atoms with Gasteiger partial charge in [0.2, 0.25) is 0 Å². The number of anilines is 2. The minimum Gasteiger partial charge on any atom is -0.457 e. The van der Waals surface area contributed by atoms with Crippen molar-refractivity contribution in [3.8, 4) is 34.5 Å². The first-order valence-corrected chi connectivity index (χ1v) is 9.10. The molecular formula is C24H20N2O3. The van der Waals surface area contributed by atoms with Gasteiger partial charge in [0.1, 0.15) is 23.0 Å². The van der Waals surface area contributed by atoms with Crippen LogP contribution in [0.15, 0.2) is 97.1 Å². The predicted molar refractivity (Wildman–Crippen MR) is 115 cm³/mol. The van der Waals surface area contributed by atoms with Crippen LogP contribution in [0, 0.1) is 0 Å². The molecule has 0 saturated carbocycles. The Bertz CT molecular complexity index is 1010. The lowest BCUT2D eigenvalue weighted by Crippen LogP contribution is -1.95. The second kappa shape index (κ2) is 8.27. The molecule has 0 saturated heterocycles. The van der Waals surface area contributed by atoms with Gasteiger partial charge in [-0.2, -0.15) is 0 Å². The van der Waals surface area contributed by atoms with Gasteiger partial charge in [-0.3, -0.25) is 0 Å². The van der Waals surface area contributed by atoms with E-state index in [1.54, 1.807) is 36.4 Å². The third-order valence-electron chi connectivity index (χ3n) is 4.15. The molecule has 0 amide bonds. The van der Waals surface area contributed by atoms with Crippen LogP contribution in [-0.4, -0.2) is 0 Å². The van der Waals surface area contributed by atoms with Gasteiger partial charge in [0.25, 0.3) is 0 Å². The van der Waals surface area contributed by atoms with E-state index in [4.69, 9.17) is 25.7 Å². The smallest absolute Gasteiger partial charge is 0.154 e. The molecular weight excluding hydrogens is 364 g/mol. The maximum atomic E-state index is 6.04. The van der Waals surface area contributed by atoms with Crippen LogP contribution in [0.2, 0.25) is 0 Å². The molecule has 0 radical (unpaired) electrons. The quantitative estimate of drug-likeness (QED) is 0.385. The van der Waals surface area contributed by atoms with E-state index >= 15 is 0 Å².